The van der Waals surface area contributed by atoms with E-state index in [1.807, 2.05) is 35.2 Å². The minimum Gasteiger partial charge on any atom is -0.350 e. The van der Waals surface area contributed by atoms with E-state index in [-0.39, 0.29) is 28.8 Å². The van der Waals surface area contributed by atoms with Crippen molar-refractivity contribution in [3.63, 3.8) is 0 Å². The fourth-order valence-corrected chi connectivity index (χ4v) is 7.82. The van der Waals surface area contributed by atoms with Crippen LogP contribution < -0.4 is 10.9 Å². The van der Waals surface area contributed by atoms with Gasteiger partial charge in [0.1, 0.15) is 6.04 Å². The maximum absolute atomic E-state index is 13.8. The van der Waals surface area contributed by atoms with Crippen molar-refractivity contribution in [1.82, 2.24) is 14.8 Å². The lowest BCUT2D eigenvalue weighted by Crippen LogP contribution is -2.57. The largest absolute Gasteiger partial charge is 0.350 e. The van der Waals surface area contributed by atoms with E-state index < -0.39 is 0 Å². The molecule has 1 saturated heterocycles. The standard InChI is InChI=1S/C29H35N3O3/c33-26-5-1-2-10-31(26)19-21-8-6-20(7-9-21)18-30-27(34)25-4-3-11-32(25)28(35)29-15-22-12-23(16-29)14-24(13-22)17-29/h1-2,5-10,22-25H,3-4,11-19H2,(H,30,34). The number of hydrogen-bond donors (Lipinski definition) is 1. The summed E-state index contributed by atoms with van der Waals surface area (Å²) in [5, 5.41) is 3.09. The first-order valence-corrected chi connectivity index (χ1v) is 13.3. The smallest absolute Gasteiger partial charge is 0.250 e. The quantitative estimate of drug-likeness (QED) is 0.695. The third-order valence-corrected chi connectivity index (χ3v) is 9.05. The SMILES string of the molecule is O=C(NCc1ccc(Cn2ccccc2=O)cc1)C1CCCN1C(=O)C12CC3CC(CC(C3)C1)C2. The molecule has 4 saturated carbocycles. The summed E-state index contributed by atoms with van der Waals surface area (Å²) in [6.07, 6.45) is 10.5. The zero-order chi connectivity index (χ0) is 24.0. The van der Waals surface area contributed by atoms with Crippen molar-refractivity contribution in [2.75, 3.05) is 6.54 Å². The van der Waals surface area contributed by atoms with Gasteiger partial charge in [0, 0.05) is 25.4 Å². The minimum atomic E-state index is -0.334. The Labute approximate surface area is 206 Å². The van der Waals surface area contributed by atoms with E-state index in [1.165, 1.54) is 19.3 Å². The Balaban J connectivity index is 1.07. The van der Waals surface area contributed by atoms with Gasteiger partial charge in [0.2, 0.25) is 11.8 Å². The molecule has 1 aromatic carbocycles. The summed E-state index contributed by atoms with van der Waals surface area (Å²) in [7, 11) is 0. The number of carbonyl (C=O) groups is 2. The van der Waals surface area contributed by atoms with Crippen LogP contribution in [0.2, 0.25) is 0 Å². The molecule has 1 unspecified atom stereocenters. The maximum Gasteiger partial charge on any atom is 0.250 e. The lowest BCUT2D eigenvalue weighted by molar-refractivity contribution is -0.160. The predicted molar refractivity (Wildman–Crippen MR) is 133 cm³/mol. The lowest BCUT2D eigenvalue weighted by Gasteiger charge is -2.56. The van der Waals surface area contributed by atoms with Crippen molar-refractivity contribution >= 4 is 11.8 Å². The molecule has 1 atom stereocenters. The summed E-state index contributed by atoms with van der Waals surface area (Å²) in [5.74, 6) is 2.42. The third-order valence-electron chi connectivity index (χ3n) is 9.05. The van der Waals surface area contributed by atoms with E-state index in [4.69, 9.17) is 0 Å². The van der Waals surface area contributed by atoms with Crippen LogP contribution in [0.5, 0.6) is 0 Å². The number of rotatable bonds is 6. The molecule has 6 nitrogen and oxygen atoms in total. The molecule has 5 fully saturated rings. The van der Waals surface area contributed by atoms with E-state index in [9.17, 15) is 14.4 Å². The molecule has 2 amide bonds. The average molecular weight is 474 g/mol. The highest BCUT2D eigenvalue weighted by Crippen LogP contribution is 2.60. The number of benzene rings is 1. The third kappa shape index (κ3) is 4.32. The monoisotopic (exact) mass is 473 g/mol. The fraction of sp³-hybridized carbons (Fsp3) is 0.552. The molecule has 4 bridgehead atoms. The second kappa shape index (κ2) is 8.96. The average Bonchev–Trinajstić information content (AvgIpc) is 3.33. The first kappa shape index (κ1) is 22.6. The van der Waals surface area contributed by atoms with Crippen LogP contribution in [0.25, 0.3) is 0 Å². The highest BCUT2D eigenvalue weighted by atomic mass is 16.2. The van der Waals surface area contributed by atoms with Crippen molar-refractivity contribution in [2.45, 2.75) is 70.5 Å². The second-order valence-electron chi connectivity index (χ2n) is 11.6. The van der Waals surface area contributed by atoms with Crippen molar-refractivity contribution < 1.29 is 9.59 Å². The fourth-order valence-electron chi connectivity index (χ4n) is 7.82. The van der Waals surface area contributed by atoms with Gasteiger partial charge in [-0.2, -0.15) is 0 Å². The summed E-state index contributed by atoms with van der Waals surface area (Å²) in [6, 6.07) is 12.8. The number of aromatic nitrogens is 1. The molecule has 5 aliphatic rings. The first-order valence-electron chi connectivity index (χ1n) is 13.3. The van der Waals surface area contributed by atoms with Crippen LogP contribution in [0.3, 0.4) is 0 Å². The van der Waals surface area contributed by atoms with Crippen LogP contribution in [0.15, 0.2) is 53.5 Å². The van der Waals surface area contributed by atoms with E-state index in [2.05, 4.69) is 5.32 Å². The minimum absolute atomic E-state index is 0.0203. The molecule has 1 N–H and O–H groups in total. The van der Waals surface area contributed by atoms with E-state index in [0.29, 0.717) is 19.6 Å². The van der Waals surface area contributed by atoms with Crippen molar-refractivity contribution in [1.29, 1.82) is 0 Å². The van der Waals surface area contributed by atoms with Crippen LogP contribution in [0.1, 0.15) is 62.5 Å². The van der Waals surface area contributed by atoms with E-state index in [0.717, 1.165) is 61.0 Å². The van der Waals surface area contributed by atoms with Crippen molar-refractivity contribution in [3.8, 4) is 0 Å². The zero-order valence-corrected chi connectivity index (χ0v) is 20.3. The molecule has 7 rings (SSSR count). The van der Waals surface area contributed by atoms with Crippen molar-refractivity contribution in [3.05, 3.63) is 70.1 Å². The number of hydrogen-bond acceptors (Lipinski definition) is 3. The number of nitrogens with zero attached hydrogens (tertiary/aromatic N) is 2. The number of likely N-dealkylation sites (tertiary alicyclic amines) is 1. The molecular formula is C29H35N3O3. The first-order chi connectivity index (χ1) is 17.0. The number of nitrogens with one attached hydrogen (secondary N) is 1. The summed E-state index contributed by atoms with van der Waals surface area (Å²) >= 11 is 0. The van der Waals surface area contributed by atoms with Gasteiger partial charge in [0.05, 0.1) is 12.0 Å². The Hall–Kier alpha value is -2.89. The van der Waals surface area contributed by atoms with Crippen LogP contribution in [-0.2, 0) is 22.7 Å². The van der Waals surface area contributed by atoms with Crippen LogP contribution in [-0.4, -0.2) is 33.9 Å². The van der Waals surface area contributed by atoms with Gasteiger partial charge >= 0.3 is 0 Å². The Kier molecular flexibility index (Phi) is 5.78. The van der Waals surface area contributed by atoms with Crippen LogP contribution in [0, 0.1) is 23.2 Å². The molecule has 1 aliphatic heterocycles. The van der Waals surface area contributed by atoms with Gasteiger partial charge in [-0.1, -0.05) is 30.3 Å². The van der Waals surface area contributed by atoms with Gasteiger partial charge < -0.3 is 14.8 Å². The highest BCUT2D eigenvalue weighted by Gasteiger charge is 2.56. The molecule has 2 aromatic rings. The Morgan fingerprint density at radius 2 is 1.57 bits per heavy atom. The summed E-state index contributed by atoms with van der Waals surface area (Å²) < 4.78 is 1.67. The summed E-state index contributed by atoms with van der Waals surface area (Å²) in [6.45, 7) is 1.68. The lowest BCUT2D eigenvalue weighted by atomic mass is 9.49. The molecule has 0 radical (unpaired) electrons. The molecule has 184 valence electrons. The van der Waals surface area contributed by atoms with E-state index >= 15 is 0 Å². The molecule has 0 spiro atoms. The van der Waals surface area contributed by atoms with E-state index in [1.54, 1.807) is 22.9 Å². The predicted octanol–water partition coefficient (Wildman–Crippen LogP) is 3.72. The molecule has 4 aliphatic carbocycles. The zero-order valence-electron chi connectivity index (χ0n) is 20.3. The molecule has 35 heavy (non-hydrogen) atoms. The highest BCUT2D eigenvalue weighted by molar-refractivity contribution is 5.91. The van der Waals surface area contributed by atoms with Gasteiger partial charge in [-0.15, -0.1) is 0 Å². The molecule has 2 heterocycles. The van der Waals surface area contributed by atoms with Gasteiger partial charge in [0.15, 0.2) is 0 Å². The van der Waals surface area contributed by atoms with Gasteiger partial charge in [-0.05, 0) is 86.3 Å². The molecule has 6 heteroatoms. The van der Waals surface area contributed by atoms with Crippen LogP contribution >= 0.6 is 0 Å². The van der Waals surface area contributed by atoms with Crippen molar-refractivity contribution in [2.24, 2.45) is 23.2 Å². The molecule has 1 aromatic heterocycles. The normalized spacial score (nSPS) is 31.0. The Bertz CT molecular complexity index is 1130. The van der Waals surface area contributed by atoms with Gasteiger partial charge in [-0.25, -0.2) is 0 Å². The number of pyridine rings is 1. The van der Waals surface area contributed by atoms with Gasteiger partial charge in [0.25, 0.3) is 5.56 Å². The number of amides is 2. The topological polar surface area (TPSA) is 71.4 Å². The summed E-state index contributed by atoms with van der Waals surface area (Å²) in [5.41, 5.74) is 1.85. The second-order valence-corrected chi connectivity index (χ2v) is 11.6. The summed E-state index contributed by atoms with van der Waals surface area (Å²) in [4.78, 5) is 40.9. The van der Waals surface area contributed by atoms with Gasteiger partial charge in [-0.3, -0.25) is 14.4 Å². The Morgan fingerprint density at radius 3 is 2.23 bits per heavy atom. The van der Waals surface area contributed by atoms with Crippen LogP contribution in [0.4, 0.5) is 0 Å². The number of carbonyl (C=O) groups excluding carboxylic acids is 2. The molecular weight excluding hydrogens is 438 g/mol. The maximum atomic E-state index is 13.8. The Morgan fingerprint density at radius 1 is 0.914 bits per heavy atom.